The molecule has 0 spiro atoms. The lowest BCUT2D eigenvalue weighted by molar-refractivity contribution is -0.124. The summed E-state index contributed by atoms with van der Waals surface area (Å²) in [6, 6.07) is 25.8. The standard InChI is InChI=1S/2C20H26ClN5O3S.2C19H23ClN4O4S.C16H15ClN4O3S.2CH4.3H2S/c2*1-24-7-9-25(10-8-24)14-19(27)23-16-5-6-26(13-16)30(28,29)18-4-2-3-15-11-22-12-17(21)20(15)18;2*20-16-11-21-10-14-2-1-3-17(19(14)16)29(26,27)24-5-4-15(12-24)22-18(25)13-23-6-8-28-9-7-23;17-13-9-19-8-11-2-1-3-14(16(11)13)25(23,24)21-7-5-12(10-21)20-15(22)4-6-18;;;;;/h2*2-4,11-12,16H,5-10,13-14H2,1H3,(H,23,27);2*1-3,10-11,15H,4-9,12-13H2,(H,22,25);1-3,8-9,12H,4-5,7,10H2,(H,20,22);2*1H4;3*1H2/t2*16-;2*15-;12-;;;;;/m10100...../s1. The van der Waals surface area contributed by atoms with Gasteiger partial charge < -0.3 is 45.9 Å². The molecular weight excluding hydrogens is 2170 g/mol. The van der Waals surface area contributed by atoms with E-state index in [1.54, 1.807) is 122 Å². The predicted octanol–water partition coefficient (Wildman–Crippen LogP) is 7.52. The van der Waals surface area contributed by atoms with Crippen molar-refractivity contribution >= 4 is 232 Å². The van der Waals surface area contributed by atoms with Gasteiger partial charge in [0.05, 0.1) is 108 Å². The minimum Gasteiger partial charge on any atom is -0.379 e. The molecule has 5 amide bonds. The maximum Gasteiger partial charge on any atom is 0.243 e. The highest BCUT2D eigenvalue weighted by atomic mass is 35.5. The van der Waals surface area contributed by atoms with E-state index in [1.807, 2.05) is 9.80 Å². The number of likely N-dealkylation sites (N-methyl/N-ethyl adjacent to an activating group) is 2. The van der Waals surface area contributed by atoms with Gasteiger partial charge in [-0.1, -0.05) is 134 Å². The highest BCUT2D eigenvalue weighted by Gasteiger charge is 2.42. The first-order valence-electron chi connectivity index (χ1n) is 46.9. The molecule has 0 saturated carbocycles. The topological polar surface area (TPSA) is 459 Å². The number of amides is 5. The van der Waals surface area contributed by atoms with Gasteiger partial charge in [0, 0.05) is 290 Å². The summed E-state index contributed by atoms with van der Waals surface area (Å²) in [4.78, 5) is 94.8. The van der Waals surface area contributed by atoms with E-state index < -0.39 is 56.0 Å². The van der Waals surface area contributed by atoms with E-state index in [0.717, 1.165) is 78.5 Å². The largest absolute Gasteiger partial charge is 0.379 e. The molecule has 5 atom stereocenters. The number of piperazine rings is 2. The summed E-state index contributed by atoms with van der Waals surface area (Å²) < 4.78 is 150. The number of benzene rings is 5. The highest BCUT2D eigenvalue weighted by Crippen LogP contribution is 2.39. The maximum atomic E-state index is 13.3. The van der Waals surface area contributed by atoms with Crippen molar-refractivity contribution in [2.75, 3.05) is 211 Å². The minimum atomic E-state index is -3.76. The number of ether oxygens (including phenoxy) is 2. The summed E-state index contributed by atoms with van der Waals surface area (Å²) in [6.45, 7) is 16.9. The van der Waals surface area contributed by atoms with Crippen LogP contribution < -0.4 is 26.6 Å². The van der Waals surface area contributed by atoms with Gasteiger partial charge in [-0.3, -0.25) is 68.5 Å². The second-order valence-corrected chi connectivity index (χ2v) is 47.8. The van der Waals surface area contributed by atoms with Gasteiger partial charge in [0.2, 0.25) is 79.7 Å². The summed E-state index contributed by atoms with van der Waals surface area (Å²) in [5, 5.41) is 30.4. The molecule has 0 radical (unpaired) electrons. The fraction of sp³-hybridized carbons (Fsp3) is 0.469. The molecule has 9 aliphatic rings. The third kappa shape index (κ3) is 30.3. The van der Waals surface area contributed by atoms with Crippen molar-refractivity contribution in [2.45, 2.75) is 108 Å². The number of nitrogens with zero attached hydrogens (tertiary/aromatic N) is 17. The van der Waals surface area contributed by atoms with Gasteiger partial charge in [-0.25, -0.2) is 42.1 Å². The molecule has 5 aromatic carbocycles. The van der Waals surface area contributed by atoms with Gasteiger partial charge in [0.25, 0.3) is 0 Å². The fourth-order valence-corrected chi connectivity index (χ4v) is 29.0. The minimum absolute atomic E-state index is 0. The van der Waals surface area contributed by atoms with Crippen LogP contribution in [0, 0.1) is 11.3 Å². The molecule has 5 aromatic heterocycles. The van der Waals surface area contributed by atoms with E-state index >= 15 is 0 Å². The molecule has 0 aliphatic carbocycles. The number of aromatic nitrogens is 5. The number of rotatable bonds is 24. The number of nitrogens with one attached hydrogen (secondary N) is 5. The quantitative estimate of drug-likeness (QED) is 0.0390. The molecule has 0 bridgehead atoms. The molecule has 39 nitrogen and oxygen atoms in total. The van der Waals surface area contributed by atoms with E-state index in [4.69, 9.17) is 72.7 Å². The molecule has 5 N–H and O–H groups in total. The van der Waals surface area contributed by atoms with Crippen molar-refractivity contribution in [1.82, 2.24) is 102 Å². The highest BCUT2D eigenvalue weighted by molar-refractivity contribution is 7.90. The maximum absolute atomic E-state index is 13.3. The van der Waals surface area contributed by atoms with Crippen LogP contribution in [-0.4, -0.2) is 388 Å². The first-order valence-corrected chi connectivity index (χ1v) is 56.0. The number of fused-ring (bicyclic) bond motifs is 5. The number of morpholine rings is 2. The number of carbonyl (C=O) groups excluding carboxylic acids is 5. The number of nitriles is 1. The fourth-order valence-electron chi connectivity index (χ4n) is 18.7. The number of hydrogen-bond acceptors (Lipinski definition) is 29. The summed E-state index contributed by atoms with van der Waals surface area (Å²) in [7, 11) is -14.6. The lowest BCUT2D eigenvalue weighted by Gasteiger charge is -2.32. The van der Waals surface area contributed by atoms with Crippen LogP contribution in [0.5, 0.6) is 0 Å². The van der Waals surface area contributed by atoms with Crippen molar-refractivity contribution in [3.63, 3.8) is 0 Å². The van der Waals surface area contributed by atoms with E-state index in [9.17, 15) is 66.1 Å². The van der Waals surface area contributed by atoms with Gasteiger partial charge in [-0.2, -0.15) is 67.3 Å². The summed E-state index contributed by atoms with van der Waals surface area (Å²) in [5.41, 5.74) is 0. The first kappa shape index (κ1) is 122. The smallest absolute Gasteiger partial charge is 0.243 e. The Bertz CT molecular complexity index is 6630. The monoisotopic (exact) mass is 2290 g/mol. The number of hydrogen-bond donors (Lipinski definition) is 5. The zero-order valence-electron chi connectivity index (χ0n) is 80.3. The number of halogens is 5. The Morgan fingerprint density at radius 2 is 0.507 bits per heavy atom. The van der Waals surface area contributed by atoms with Crippen molar-refractivity contribution in [2.24, 2.45) is 0 Å². The molecule has 9 aliphatic heterocycles. The summed E-state index contributed by atoms with van der Waals surface area (Å²) in [5.74, 6) is -0.678. The molecule has 14 heterocycles. The Morgan fingerprint density at radius 3 is 0.709 bits per heavy atom. The Morgan fingerprint density at radius 1 is 0.311 bits per heavy atom. The van der Waals surface area contributed by atoms with E-state index in [0.29, 0.717) is 191 Å². The van der Waals surface area contributed by atoms with Gasteiger partial charge in [-0.15, -0.1) is 0 Å². The molecule has 9 saturated heterocycles. The zero-order chi connectivity index (χ0) is 101. The van der Waals surface area contributed by atoms with Crippen LogP contribution in [-0.2, 0) is 83.6 Å². The summed E-state index contributed by atoms with van der Waals surface area (Å²) in [6.07, 6.45) is 17.8. The van der Waals surface area contributed by atoms with Crippen LogP contribution >= 0.6 is 98.5 Å². The number of sulfonamides is 5. The third-order valence-electron chi connectivity index (χ3n) is 26.3. The van der Waals surface area contributed by atoms with Crippen LogP contribution in [0.1, 0.15) is 53.4 Å². The Balaban J connectivity index is 0.000000188. The molecule has 0 unspecified atom stereocenters. The van der Waals surface area contributed by atoms with Gasteiger partial charge in [0.15, 0.2) is 0 Å². The van der Waals surface area contributed by atoms with E-state index in [-0.39, 0.29) is 178 Å². The van der Waals surface area contributed by atoms with Crippen LogP contribution in [0.2, 0.25) is 25.1 Å². The normalized spacial score (nSPS) is 20.4. The second kappa shape index (κ2) is 55.0. The van der Waals surface area contributed by atoms with Crippen molar-refractivity contribution in [3.05, 3.63) is 178 Å². The van der Waals surface area contributed by atoms with Crippen molar-refractivity contribution in [3.8, 4) is 6.07 Å². The molecule has 19 rings (SSSR count). The third-order valence-corrected chi connectivity index (χ3v) is 37.2. The predicted molar refractivity (Wildman–Crippen MR) is 588 cm³/mol. The van der Waals surface area contributed by atoms with Crippen LogP contribution in [0.3, 0.4) is 0 Å². The van der Waals surface area contributed by atoms with Crippen LogP contribution in [0.4, 0.5) is 0 Å². The average molecular weight is 2300 g/mol. The first-order chi connectivity index (χ1) is 68.5. The van der Waals surface area contributed by atoms with Gasteiger partial charge >= 0.3 is 0 Å². The molecule has 148 heavy (non-hydrogen) atoms. The SMILES string of the molecule is C.C.CN1CCN(CC(=O)N[C@@H]2CCN(S(=O)(=O)c3cccc4cncc(Cl)c34)C2)CC1.CN1CCN(CC(=O)N[C@H]2CCN(S(=O)(=O)c3cccc4cncc(Cl)c34)C2)CC1.N#CCC(=O)N[C@H]1CCN(S(=O)(=O)c2cccc3cncc(Cl)c23)C1.O=C(CN1CCOCC1)N[C@@H]1CCN(S(=O)(=O)c2cccc3cncc(Cl)c23)C1.O=C(CN1CCOCC1)N[C@H]1CCN(S(=O)(=O)c2cccc3cncc(Cl)c23)C1.S.S.S. The Labute approximate surface area is 910 Å². The Kier molecular flexibility index (Phi) is 45.2. The van der Waals surface area contributed by atoms with Crippen LogP contribution in [0.25, 0.3) is 53.9 Å². The molecule has 52 heteroatoms. The van der Waals surface area contributed by atoms with Gasteiger partial charge in [-0.05, 0) is 76.5 Å². The average Bonchev–Trinajstić information content (AvgIpc) is 1.67. The molecule has 806 valence electrons. The second-order valence-electron chi connectivity index (χ2n) is 36.2. The van der Waals surface area contributed by atoms with Crippen molar-refractivity contribution < 1.29 is 75.5 Å². The number of carbonyl (C=O) groups is 5. The molecule has 9 fully saturated rings. The Hall–Kier alpha value is -8.28. The van der Waals surface area contributed by atoms with E-state index in [2.05, 4.69) is 85.2 Å². The van der Waals surface area contributed by atoms with Crippen molar-refractivity contribution in [1.29, 1.82) is 5.26 Å². The molecular formula is C96H127Cl5N22O17S8. The number of pyridine rings is 5. The lowest BCUT2D eigenvalue weighted by atomic mass is 10.2. The summed E-state index contributed by atoms with van der Waals surface area (Å²) >= 11 is 31.2. The molecule has 10 aromatic rings. The lowest BCUT2D eigenvalue weighted by Crippen LogP contribution is -2.49. The van der Waals surface area contributed by atoms with E-state index in [1.165, 1.54) is 58.6 Å². The van der Waals surface area contributed by atoms with Gasteiger partial charge in [0.1, 0.15) is 6.42 Å². The zero-order valence-corrected chi connectivity index (χ0v) is 91.1. The van der Waals surface area contributed by atoms with Crippen LogP contribution in [0.15, 0.2) is 177 Å².